The van der Waals surface area contributed by atoms with Crippen molar-refractivity contribution in [1.82, 2.24) is 14.8 Å². The van der Waals surface area contributed by atoms with E-state index in [0.717, 1.165) is 19.6 Å². The van der Waals surface area contributed by atoms with Gasteiger partial charge in [-0.1, -0.05) is 13.3 Å². The third-order valence-corrected chi connectivity index (χ3v) is 2.79. The van der Waals surface area contributed by atoms with Crippen LogP contribution in [-0.4, -0.2) is 36.1 Å². The summed E-state index contributed by atoms with van der Waals surface area (Å²) in [6, 6.07) is 2.16. The molecule has 0 radical (unpaired) electrons. The number of hydrogen-bond acceptors (Lipinski definition) is 2. The zero-order valence-electron chi connectivity index (χ0n) is 10.9. The predicted octanol–water partition coefficient (Wildman–Crippen LogP) is 1.85. The number of nitrogens with zero attached hydrogens (tertiary/aromatic N) is 2. The summed E-state index contributed by atoms with van der Waals surface area (Å²) in [7, 11) is 4.25. The Morgan fingerprint density at radius 1 is 1.38 bits per heavy atom. The Morgan fingerprint density at radius 2 is 2.19 bits per heavy atom. The molecule has 0 saturated carbocycles. The van der Waals surface area contributed by atoms with E-state index in [1.165, 1.54) is 24.9 Å². The molecule has 0 saturated heterocycles. The van der Waals surface area contributed by atoms with Gasteiger partial charge in [0.15, 0.2) is 0 Å². The van der Waals surface area contributed by atoms with Crippen LogP contribution in [0.3, 0.4) is 0 Å². The number of hydrogen-bond donors (Lipinski definition) is 1. The van der Waals surface area contributed by atoms with Gasteiger partial charge < -0.3 is 14.8 Å². The molecule has 1 N–H and O–H groups in total. The monoisotopic (exact) mass is 223 g/mol. The van der Waals surface area contributed by atoms with E-state index in [0.29, 0.717) is 0 Å². The van der Waals surface area contributed by atoms with E-state index < -0.39 is 0 Å². The van der Waals surface area contributed by atoms with E-state index in [1.807, 2.05) is 0 Å². The van der Waals surface area contributed by atoms with Crippen molar-refractivity contribution in [3.63, 3.8) is 0 Å². The van der Waals surface area contributed by atoms with Gasteiger partial charge in [0.25, 0.3) is 0 Å². The van der Waals surface area contributed by atoms with E-state index in [9.17, 15) is 0 Å². The molecule has 0 aromatic carbocycles. The molecule has 0 spiro atoms. The topological polar surface area (TPSA) is 20.2 Å². The number of aryl methyl sites for hydroxylation is 1. The minimum atomic E-state index is 0.975. The lowest BCUT2D eigenvalue weighted by Gasteiger charge is -2.16. The van der Waals surface area contributed by atoms with Crippen LogP contribution < -0.4 is 5.32 Å². The van der Waals surface area contributed by atoms with Crippen molar-refractivity contribution >= 4 is 0 Å². The van der Waals surface area contributed by atoms with E-state index in [-0.39, 0.29) is 0 Å². The van der Waals surface area contributed by atoms with E-state index >= 15 is 0 Å². The Bertz CT molecular complexity index is 280. The van der Waals surface area contributed by atoms with E-state index in [4.69, 9.17) is 0 Å². The highest BCUT2D eigenvalue weighted by Crippen LogP contribution is 1.98. The maximum atomic E-state index is 3.47. The summed E-state index contributed by atoms with van der Waals surface area (Å²) >= 11 is 0. The molecule has 0 fully saturated rings. The maximum Gasteiger partial charge on any atom is 0.0221 e. The van der Waals surface area contributed by atoms with Crippen LogP contribution in [0.4, 0.5) is 0 Å². The highest BCUT2D eigenvalue weighted by atomic mass is 15.1. The first kappa shape index (κ1) is 13.3. The Morgan fingerprint density at radius 3 is 2.81 bits per heavy atom. The molecule has 0 amide bonds. The summed E-state index contributed by atoms with van der Waals surface area (Å²) in [4.78, 5) is 2.39. The zero-order valence-corrected chi connectivity index (χ0v) is 10.9. The minimum Gasteiger partial charge on any atom is -0.357 e. The van der Waals surface area contributed by atoms with Crippen LogP contribution in [0.25, 0.3) is 0 Å². The summed E-state index contributed by atoms with van der Waals surface area (Å²) in [5.74, 6) is 0. The molecule has 0 aliphatic rings. The Balaban J connectivity index is 2.03. The standard InChI is InChI=1S/C13H25N3/c1-4-5-8-15(2)10-7-14-11-13-6-9-16(3)12-13/h6,9,12,14H,4-5,7-8,10-11H2,1-3H3. The van der Waals surface area contributed by atoms with Gasteiger partial charge in [-0.2, -0.15) is 0 Å². The molecular weight excluding hydrogens is 198 g/mol. The first-order chi connectivity index (χ1) is 7.72. The fraction of sp³-hybridized carbons (Fsp3) is 0.692. The van der Waals surface area contributed by atoms with Gasteiger partial charge in [0, 0.05) is 39.1 Å². The molecule has 0 aliphatic carbocycles. The van der Waals surface area contributed by atoms with Gasteiger partial charge in [0.05, 0.1) is 0 Å². The van der Waals surface area contributed by atoms with Gasteiger partial charge >= 0.3 is 0 Å². The summed E-state index contributed by atoms with van der Waals surface area (Å²) < 4.78 is 2.09. The third-order valence-electron chi connectivity index (χ3n) is 2.79. The van der Waals surface area contributed by atoms with Crippen molar-refractivity contribution < 1.29 is 0 Å². The largest absolute Gasteiger partial charge is 0.357 e. The average molecular weight is 223 g/mol. The smallest absolute Gasteiger partial charge is 0.0221 e. The molecular formula is C13H25N3. The quantitative estimate of drug-likeness (QED) is 0.679. The Kier molecular flexibility index (Phi) is 6.19. The zero-order chi connectivity index (χ0) is 11.8. The molecule has 0 unspecified atom stereocenters. The fourth-order valence-corrected chi connectivity index (χ4v) is 1.71. The van der Waals surface area contributed by atoms with Crippen LogP contribution in [0.2, 0.25) is 0 Å². The second kappa shape index (κ2) is 7.47. The van der Waals surface area contributed by atoms with Crippen LogP contribution in [0.15, 0.2) is 18.5 Å². The molecule has 0 atom stereocenters. The number of nitrogens with one attached hydrogen (secondary N) is 1. The van der Waals surface area contributed by atoms with Gasteiger partial charge in [-0.25, -0.2) is 0 Å². The maximum absolute atomic E-state index is 3.47. The summed E-state index contributed by atoms with van der Waals surface area (Å²) in [5.41, 5.74) is 1.36. The number of likely N-dealkylation sites (N-methyl/N-ethyl adjacent to an activating group) is 1. The SMILES string of the molecule is CCCCN(C)CCNCc1ccn(C)c1. The van der Waals surface area contributed by atoms with E-state index in [1.54, 1.807) is 0 Å². The molecule has 3 heteroatoms. The number of rotatable bonds is 8. The van der Waals surface area contributed by atoms with Crippen LogP contribution in [0, 0.1) is 0 Å². The first-order valence-corrected chi connectivity index (χ1v) is 6.22. The molecule has 0 aliphatic heterocycles. The number of aromatic nitrogens is 1. The molecule has 16 heavy (non-hydrogen) atoms. The third kappa shape index (κ3) is 5.33. The fourth-order valence-electron chi connectivity index (χ4n) is 1.71. The number of unbranched alkanes of at least 4 members (excludes halogenated alkanes) is 1. The minimum absolute atomic E-state index is 0.975. The molecule has 3 nitrogen and oxygen atoms in total. The van der Waals surface area contributed by atoms with Crippen LogP contribution in [0.5, 0.6) is 0 Å². The molecule has 1 aromatic rings. The van der Waals surface area contributed by atoms with Crippen molar-refractivity contribution in [2.24, 2.45) is 7.05 Å². The highest BCUT2D eigenvalue weighted by molar-refractivity contribution is 5.09. The van der Waals surface area contributed by atoms with Crippen molar-refractivity contribution in [3.05, 3.63) is 24.0 Å². The summed E-state index contributed by atoms with van der Waals surface area (Å²) in [6.45, 7) is 6.62. The average Bonchev–Trinajstić information content (AvgIpc) is 2.67. The van der Waals surface area contributed by atoms with Crippen LogP contribution >= 0.6 is 0 Å². The van der Waals surface area contributed by atoms with Crippen molar-refractivity contribution in [2.75, 3.05) is 26.7 Å². The van der Waals surface area contributed by atoms with Gasteiger partial charge in [-0.3, -0.25) is 0 Å². The molecule has 1 aromatic heterocycles. The Labute approximate surface area is 99.4 Å². The lowest BCUT2D eigenvalue weighted by molar-refractivity contribution is 0.325. The van der Waals surface area contributed by atoms with E-state index in [2.05, 4.69) is 54.3 Å². The lowest BCUT2D eigenvalue weighted by Crippen LogP contribution is -2.29. The summed E-state index contributed by atoms with van der Waals surface area (Å²) in [5, 5.41) is 3.47. The predicted molar refractivity (Wildman–Crippen MR) is 69.5 cm³/mol. The van der Waals surface area contributed by atoms with Gasteiger partial charge in [0.2, 0.25) is 0 Å². The summed E-state index contributed by atoms with van der Waals surface area (Å²) in [6.07, 6.45) is 6.83. The van der Waals surface area contributed by atoms with Crippen molar-refractivity contribution in [1.29, 1.82) is 0 Å². The normalized spacial score (nSPS) is 11.2. The molecule has 0 bridgehead atoms. The second-order valence-electron chi connectivity index (χ2n) is 4.52. The van der Waals surface area contributed by atoms with Crippen molar-refractivity contribution in [2.45, 2.75) is 26.3 Å². The van der Waals surface area contributed by atoms with Gasteiger partial charge in [-0.05, 0) is 31.6 Å². The second-order valence-corrected chi connectivity index (χ2v) is 4.52. The highest BCUT2D eigenvalue weighted by Gasteiger charge is 1.97. The molecule has 1 heterocycles. The van der Waals surface area contributed by atoms with Crippen LogP contribution in [0.1, 0.15) is 25.3 Å². The molecule has 1 rings (SSSR count). The van der Waals surface area contributed by atoms with Crippen molar-refractivity contribution in [3.8, 4) is 0 Å². The van der Waals surface area contributed by atoms with Gasteiger partial charge in [-0.15, -0.1) is 0 Å². The Hall–Kier alpha value is -0.800. The lowest BCUT2D eigenvalue weighted by atomic mass is 10.3. The first-order valence-electron chi connectivity index (χ1n) is 6.22. The molecule has 92 valence electrons. The van der Waals surface area contributed by atoms with Gasteiger partial charge in [0.1, 0.15) is 0 Å². The van der Waals surface area contributed by atoms with Crippen LogP contribution in [-0.2, 0) is 13.6 Å².